The Kier molecular flexibility index (Phi) is 4.98. The van der Waals surface area contributed by atoms with Gasteiger partial charge in [-0.2, -0.15) is 0 Å². The lowest BCUT2D eigenvalue weighted by atomic mass is 9.95. The maximum absolute atomic E-state index is 12.9. The fourth-order valence-electron chi connectivity index (χ4n) is 3.36. The monoisotopic (exact) mass is 352 g/mol. The highest BCUT2D eigenvalue weighted by molar-refractivity contribution is 5.97. The molecule has 2 amide bonds. The summed E-state index contributed by atoms with van der Waals surface area (Å²) in [4.78, 5) is 28.9. The normalized spacial score (nSPS) is 20.6. The molecule has 0 aromatic heterocycles. The van der Waals surface area contributed by atoms with Gasteiger partial charge < -0.3 is 14.9 Å². The molecule has 1 fully saturated rings. The van der Waals surface area contributed by atoms with Crippen LogP contribution in [0.15, 0.2) is 48.5 Å². The van der Waals surface area contributed by atoms with Gasteiger partial charge in [0.1, 0.15) is 17.8 Å². The number of aromatic hydroxyl groups is 1. The second-order valence-corrected chi connectivity index (χ2v) is 6.99. The van der Waals surface area contributed by atoms with Crippen LogP contribution in [-0.4, -0.2) is 52.9 Å². The molecular weight excluding hydrogens is 328 g/mol. The number of phenols is 1. The summed E-state index contributed by atoms with van der Waals surface area (Å²) in [5.74, 6) is 0.0807. The Bertz CT molecular complexity index is 730. The van der Waals surface area contributed by atoms with Gasteiger partial charge in [-0.25, -0.2) is 0 Å². The van der Waals surface area contributed by atoms with Crippen molar-refractivity contribution in [3.05, 3.63) is 65.2 Å². The lowest BCUT2D eigenvalue weighted by molar-refractivity contribution is -0.158. The average molecular weight is 352 g/mol. The molecule has 5 nitrogen and oxygen atoms in total. The molecule has 26 heavy (non-hydrogen) atoms. The molecule has 2 aromatic carbocycles. The number of likely N-dealkylation sites (N-methyl/N-ethyl adjacent to an activating group) is 2. The maximum Gasteiger partial charge on any atom is 0.246 e. The Balaban J connectivity index is 1.77. The number of phenolic OH excluding ortho intramolecular Hbond substituents is 1. The number of piperazine rings is 1. The van der Waals surface area contributed by atoms with Crippen molar-refractivity contribution in [1.29, 1.82) is 0 Å². The standard InChI is InChI=1S/C21H24N2O3/c1-14-4-6-15(7-5-14)12-18-20(25)23(3)19(21(26)22(18)2)13-16-8-10-17(24)11-9-16/h4-11,18-19,24H,12-13H2,1-3H3. The highest BCUT2D eigenvalue weighted by atomic mass is 16.3. The van der Waals surface area contributed by atoms with Gasteiger partial charge in [0.15, 0.2) is 0 Å². The number of amides is 2. The van der Waals surface area contributed by atoms with Crippen LogP contribution < -0.4 is 0 Å². The average Bonchev–Trinajstić information content (AvgIpc) is 2.64. The van der Waals surface area contributed by atoms with Crippen LogP contribution >= 0.6 is 0 Å². The summed E-state index contributed by atoms with van der Waals surface area (Å²) in [6.45, 7) is 2.02. The van der Waals surface area contributed by atoms with E-state index in [1.165, 1.54) is 5.56 Å². The number of hydrogen-bond acceptors (Lipinski definition) is 3. The van der Waals surface area contributed by atoms with Gasteiger partial charge >= 0.3 is 0 Å². The predicted molar refractivity (Wildman–Crippen MR) is 99.8 cm³/mol. The second kappa shape index (κ2) is 7.20. The van der Waals surface area contributed by atoms with E-state index in [-0.39, 0.29) is 17.6 Å². The molecule has 1 aliphatic heterocycles. The summed E-state index contributed by atoms with van der Waals surface area (Å²) in [6, 6.07) is 13.8. The van der Waals surface area contributed by atoms with Gasteiger partial charge in [-0.1, -0.05) is 42.0 Å². The molecule has 5 heteroatoms. The zero-order valence-electron chi connectivity index (χ0n) is 15.3. The van der Waals surface area contributed by atoms with Crippen molar-refractivity contribution in [2.45, 2.75) is 31.8 Å². The van der Waals surface area contributed by atoms with E-state index in [0.29, 0.717) is 12.8 Å². The van der Waals surface area contributed by atoms with E-state index in [0.717, 1.165) is 11.1 Å². The van der Waals surface area contributed by atoms with Crippen LogP contribution in [0, 0.1) is 6.92 Å². The van der Waals surface area contributed by atoms with E-state index >= 15 is 0 Å². The van der Waals surface area contributed by atoms with Gasteiger partial charge in [0.05, 0.1) is 0 Å². The number of hydrogen-bond donors (Lipinski definition) is 1. The largest absolute Gasteiger partial charge is 0.508 e. The van der Waals surface area contributed by atoms with Crippen LogP contribution in [0.5, 0.6) is 5.75 Å². The predicted octanol–water partition coefficient (Wildman–Crippen LogP) is 2.15. The van der Waals surface area contributed by atoms with Gasteiger partial charge in [0.25, 0.3) is 0 Å². The van der Waals surface area contributed by atoms with Crippen molar-refractivity contribution < 1.29 is 14.7 Å². The number of rotatable bonds is 4. The molecule has 0 bridgehead atoms. The molecule has 2 unspecified atom stereocenters. The number of aryl methyl sites for hydroxylation is 1. The number of carbonyl (C=O) groups is 2. The fraction of sp³-hybridized carbons (Fsp3) is 0.333. The zero-order valence-corrected chi connectivity index (χ0v) is 15.3. The summed E-state index contributed by atoms with van der Waals surface area (Å²) >= 11 is 0. The Hall–Kier alpha value is -2.82. The molecule has 0 aliphatic carbocycles. The first-order chi connectivity index (χ1) is 12.4. The minimum Gasteiger partial charge on any atom is -0.508 e. The third-order valence-corrected chi connectivity index (χ3v) is 5.12. The molecule has 2 aromatic rings. The molecule has 0 radical (unpaired) electrons. The van der Waals surface area contributed by atoms with Crippen molar-refractivity contribution in [3.63, 3.8) is 0 Å². The molecular formula is C21H24N2O3. The van der Waals surface area contributed by atoms with E-state index in [9.17, 15) is 14.7 Å². The van der Waals surface area contributed by atoms with Crippen molar-refractivity contribution in [2.24, 2.45) is 0 Å². The molecule has 3 rings (SSSR count). The topological polar surface area (TPSA) is 60.9 Å². The van der Waals surface area contributed by atoms with Crippen molar-refractivity contribution >= 4 is 11.8 Å². The van der Waals surface area contributed by atoms with E-state index < -0.39 is 12.1 Å². The highest BCUT2D eigenvalue weighted by Crippen LogP contribution is 2.22. The van der Waals surface area contributed by atoms with Crippen LogP contribution in [0.25, 0.3) is 0 Å². The molecule has 1 aliphatic rings. The molecule has 2 atom stereocenters. The van der Waals surface area contributed by atoms with Crippen molar-refractivity contribution in [2.75, 3.05) is 14.1 Å². The lowest BCUT2D eigenvalue weighted by Crippen LogP contribution is -2.63. The Morgan fingerprint density at radius 1 is 0.769 bits per heavy atom. The summed E-state index contributed by atoms with van der Waals surface area (Å²) in [5, 5.41) is 9.40. The Labute approximate surface area is 153 Å². The minimum absolute atomic E-state index is 0.0450. The van der Waals surface area contributed by atoms with Crippen molar-refractivity contribution in [1.82, 2.24) is 9.80 Å². The van der Waals surface area contributed by atoms with E-state index in [1.54, 1.807) is 48.2 Å². The van der Waals surface area contributed by atoms with Gasteiger partial charge in [-0.15, -0.1) is 0 Å². The summed E-state index contributed by atoms with van der Waals surface area (Å²) < 4.78 is 0. The van der Waals surface area contributed by atoms with Gasteiger partial charge in [-0.05, 0) is 30.2 Å². The number of carbonyl (C=O) groups excluding carboxylic acids is 2. The molecule has 0 saturated carbocycles. The van der Waals surface area contributed by atoms with Gasteiger partial charge in [0.2, 0.25) is 11.8 Å². The molecule has 1 N–H and O–H groups in total. The smallest absolute Gasteiger partial charge is 0.246 e. The van der Waals surface area contributed by atoms with Crippen molar-refractivity contribution in [3.8, 4) is 5.75 Å². The first-order valence-corrected chi connectivity index (χ1v) is 8.73. The van der Waals surface area contributed by atoms with E-state index in [1.807, 2.05) is 31.2 Å². The molecule has 136 valence electrons. The zero-order chi connectivity index (χ0) is 18.8. The second-order valence-electron chi connectivity index (χ2n) is 6.99. The SMILES string of the molecule is Cc1ccc(CC2C(=O)N(C)C(Cc3ccc(O)cc3)C(=O)N2C)cc1. The maximum atomic E-state index is 12.9. The van der Waals surface area contributed by atoms with Crippen LogP contribution in [0.4, 0.5) is 0 Å². The number of nitrogens with zero attached hydrogens (tertiary/aromatic N) is 2. The molecule has 0 spiro atoms. The third-order valence-electron chi connectivity index (χ3n) is 5.12. The first-order valence-electron chi connectivity index (χ1n) is 8.73. The molecule has 1 saturated heterocycles. The Morgan fingerprint density at radius 3 is 1.58 bits per heavy atom. The first kappa shape index (κ1) is 18.0. The van der Waals surface area contributed by atoms with Crippen LogP contribution in [0.1, 0.15) is 16.7 Å². The van der Waals surface area contributed by atoms with Crippen LogP contribution in [0.2, 0.25) is 0 Å². The minimum atomic E-state index is -0.522. The summed E-state index contributed by atoms with van der Waals surface area (Å²) in [5.41, 5.74) is 3.12. The number of benzene rings is 2. The molecule has 1 heterocycles. The van der Waals surface area contributed by atoms with Gasteiger partial charge in [-0.3, -0.25) is 9.59 Å². The Morgan fingerprint density at radius 2 is 1.15 bits per heavy atom. The summed E-state index contributed by atoms with van der Waals surface area (Å²) in [7, 11) is 3.40. The summed E-state index contributed by atoms with van der Waals surface area (Å²) in [6.07, 6.45) is 0.945. The quantitative estimate of drug-likeness (QED) is 0.917. The lowest BCUT2D eigenvalue weighted by Gasteiger charge is -2.42. The third kappa shape index (κ3) is 3.57. The van der Waals surface area contributed by atoms with E-state index in [2.05, 4.69) is 0 Å². The van der Waals surface area contributed by atoms with Crippen LogP contribution in [0.3, 0.4) is 0 Å². The van der Waals surface area contributed by atoms with Crippen LogP contribution in [-0.2, 0) is 22.4 Å². The fourth-order valence-corrected chi connectivity index (χ4v) is 3.36. The van der Waals surface area contributed by atoms with E-state index in [4.69, 9.17) is 0 Å². The van der Waals surface area contributed by atoms with Gasteiger partial charge in [0, 0.05) is 26.9 Å². The highest BCUT2D eigenvalue weighted by Gasteiger charge is 2.42.